The smallest absolute Gasteiger partial charge is 0.253 e. The SMILES string of the molecule is O=C(c1ccc(Cn2ccnc2)cc1)N1CCSC(c2ccco2)CC1. The van der Waals surface area contributed by atoms with Crippen molar-refractivity contribution in [3.05, 3.63) is 78.3 Å². The number of hydrogen-bond donors (Lipinski definition) is 0. The summed E-state index contributed by atoms with van der Waals surface area (Å²) in [5, 5.41) is 0.334. The van der Waals surface area contributed by atoms with E-state index in [2.05, 4.69) is 4.98 Å². The Morgan fingerprint density at radius 1 is 1.23 bits per heavy atom. The summed E-state index contributed by atoms with van der Waals surface area (Å²) in [6.07, 6.45) is 8.13. The minimum absolute atomic E-state index is 0.111. The van der Waals surface area contributed by atoms with Crippen LogP contribution in [-0.4, -0.2) is 39.2 Å². The van der Waals surface area contributed by atoms with Gasteiger partial charge in [0.1, 0.15) is 5.76 Å². The van der Waals surface area contributed by atoms with Crippen molar-refractivity contribution in [1.82, 2.24) is 14.5 Å². The normalized spacial score (nSPS) is 17.8. The zero-order valence-electron chi connectivity index (χ0n) is 14.5. The molecule has 1 amide bonds. The molecule has 1 aliphatic heterocycles. The molecule has 26 heavy (non-hydrogen) atoms. The monoisotopic (exact) mass is 367 g/mol. The van der Waals surface area contributed by atoms with E-state index in [9.17, 15) is 4.79 Å². The van der Waals surface area contributed by atoms with E-state index < -0.39 is 0 Å². The summed E-state index contributed by atoms with van der Waals surface area (Å²) >= 11 is 1.87. The van der Waals surface area contributed by atoms with Crippen molar-refractivity contribution < 1.29 is 9.21 Å². The van der Waals surface area contributed by atoms with E-state index in [0.29, 0.717) is 5.25 Å². The highest BCUT2D eigenvalue weighted by atomic mass is 32.2. The van der Waals surface area contributed by atoms with Crippen LogP contribution in [0.1, 0.15) is 33.4 Å². The third kappa shape index (κ3) is 3.85. The number of aromatic nitrogens is 2. The summed E-state index contributed by atoms with van der Waals surface area (Å²) in [6, 6.07) is 11.8. The maximum Gasteiger partial charge on any atom is 0.253 e. The third-order valence-corrected chi connectivity index (χ3v) is 5.90. The fourth-order valence-corrected chi connectivity index (χ4v) is 4.38. The summed E-state index contributed by atoms with van der Waals surface area (Å²) in [7, 11) is 0. The average molecular weight is 367 g/mol. The van der Waals surface area contributed by atoms with Crippen LogP contribution in [0, 0.1) is 0 Å². The van der Waals surface area contributed by atoms with Gasteiger partial charge in [-0.15, -0.1) is 11.8 Å². The topological polar surface area (TPSA) is 51.3 Å². The predicted octanol–water partition coefficient (Wildman–Crippen LogP) is 3.84. The molecule has 134 valence electrons. The first-order valence-corrected chi connectivity index (χ1v) is 9.83. The van der Waals surface area contributed by atoms with Crippen LogP contribution in [0.15, 0.2) is 65.8 Å². The van der Waals surface area contributed by atoms with Crippen molar-refractivity contribution >= 4 is 17.7 Å². The molecule has 1 unspecified atom stereocenters. The first-order valence-electron chi connectivity index (χ1n) is 8.78. The lowest BCUT2D eigenvalue weighted by molar-refractivity contribution is 0.0766. The Balaban J connectivity index is 1.39. The van der Waals surface area contributed by atoms with Crippen LogP contribution in [0.25, 0.3) is 0 Å². The number of carbonyl (C=O) groups is 1. The molecular weight excluding hydrogens is 346 g/mol. The van der Waals surface area contributed by atoms with E-state index in [4.69, 9.17) is 4.42 Å². The molecular formula is C20H21N3O2S. The first-order chi connectivity index (χ1) is 12.8. The van der Waals surface area contributed by atoms with Crippen LogP contribution >= 0.6 is 11.8 Å². The number of benzene rings is 1. The van der Waals surface area contributed by atoms with E-state index >= 15 is 0 Å². The average Bonchev–Trinajstić information content (AvgIpc) is 3.33. The van der Waals surface area contributed by atoms with Gasteiger partial charge in [0.15, 0.2) is 0 Å². The summed E-state index contributed by atoms with van der Waals surface area (Å²) in [5.74, 6) is 2.04. The van der Waals surface area contributed by atoms with Gasteiger partial charge < -0.3 is 13.9 Å². The molecule has 0 saturated carbocycles. The Kier molecular flexibility index (Phi) is 5.11. The molecule has 4 rings (SSSR count). The third-order valence-electron chi connectivity index (χ3n) is 4.61. The van der Waals surface area contributed by atoms with Gasteiger partial charge in [-0.25, -0.2) is 4.98 Å². The minimum atomic E-state index is 0.111. The molecule has 0 N–H and O–H groups in total. The molecule has 1 fully saturated rings. The maximum atomic E-state index is 12.9. The van der Waals surface area contributed by atoms with Crippen LogP contribution in [0.3, 0.4) is 0 Å². The fraction of sp³-hybridized carbons (Fsp3) is 0.300. The molecule has 0 spiro atoms. The number of hydrogen-bond acceptors (Lipinski definition) is 4. The standard InChI is InChI=1S/C20H21N3O2S/c24-20(17-5-3-16(4-6-17)14-22-10-8-21-15-22)23-9-7-19(26-13-11-23)18-2-1-12-25-18/h1-6,8,10,12,15,19H,7,9,11,13-14H2. The van der Waals surface area contributed by atoms with Gasteiger partial charge in [-0.2, -0.15) is 0 Å². The second-order valence-electron chi connectivity index (χ2n) is 6.39. The van der Waals surface area contributed by atoms with Crippen molar-refractivity contribution in [2.24, 2.45) is 0 Å². The number of imidazole rings is 1. The Labute approximate surface area is 157 Å². The quantitative estimate of drug-likeness (QED) is 0.703. The van der Waals surface area contributed by atoms with Gasteiger partial charge >= 0.3 is 0 Å². The molecule has 1 saturated heterocycles. The number of carbonyl (C=O) groups excluding carboxylic acids is 1. The van der Waals surface area contributed by atoms with Gasteiger partial charge in [0, 0.05) is 43.3 Å². The fourth-order valence-electron chi connectivity index (χ4n) is 3.20. The number of nitrogens with zero attached hydrogens (tertiary/aromatic N) is 3. The zero-order chi connectivity index (χ0) is 17.8. The van der Waals surface area contributed by atoms with Gasteiger partial charge in [0.2, 0.25) is 0 Å². The van der Waals surface area contributed by atoms with Crippen molar-refractivity contribution in [2.75, 3.05) is 18.8 Å². The largest absolute Gasteiger partial charge is 0.468 e. The van der Waals surface area contributed by atoms with E-state index in [1.54, 1.807) is 18.8 Å². The lowest BCUT2D eigenvalue weighted by atomic mass is 10.1. The van der Waals surface area contributed by atoms with Crippen LogP contribution < -0.4 is 0 Å². The Hall–Kier alpha value is -2.47. The van der Waals surface area contributed by atoms with Gasteiger partial charge in [0.25, 0.3) is 5.91 Å². The Morgan fingerprint density at radius 3 is 2.85 bits per heavy atom. The molecule has 1 atom stereocenters. The molecule has 6 heteroatoms. The first kappa shape index (κ1) is 17.0. The number of furan rings is 1. The lowest BCUT2D eigenvalue weighted by Gasteiger charge is -2.20. The van der Waals surface area contributed by atoms with Gasteiger partial charge in [-0.05, 0) is 36.2 Å². The molecule has 1 aliphatic rings. The number of thioether (sulfide) groups is 1. The van der Waals surface area contributed by atoms with Crippen molar-refractivity contribution in [3.63, 3.8) is 0 Å². The van der Waals surface area contributed by atoms with E-state index in [0.717, 1.165) is 48.7 Å². The van der Waals surface area contributed by atoms with Crippen LogP contribution in [0.5, 0.6) is 0 Å². The summed E-state index contributed by atoms with van der Waals surface area (Å²) in [4.78, 5) is 18.9. The van der Waals surface area contributed by atoms with E-state index in [1.807, 2.05) is 63.8 Å². The van der Waals surface area contributed by atoms with E-state index in [1.165, 1.54) is 0 Å². The van der Waals surface area contributed by atoms with Crippen LogP contribution in [0.4, 0.5) is 0 Å². The molecule has 3 aromatic rings. The Bertz CT molecular complexity index is 829. The summed E-state index contributed by atoms with van der Waals surface area (Å²) in [6.45, 7) is 2.30. The molecule has 0 aliphatic carbocycles. The Morgan fingerprint density at radius 2 is 2.12 bits per heavy atom. The summed E-state index contributed by atoms with van der Waals surface area (Å²) in [5.41, 5.74) is 1.91. The lowest BCUT2D eigenvalue weighted by Crippen LogP contribution is -2.32. The minimum Gasteiger partial charge on any atom is -0.468 e. The molecule has 0 radical (unpaired) electrons. The van der Waals surface area contributed by atoms with Crippen LogP contribution in [-0.2, 0) is 6.54 Å². The van der Waals surface area contributed by atoms with Crippen molar-refractivity contribution in [2.45, 2.75) is 18.2 Å². The number of amides is 1. The predicted molar refractivity (Wildman–Crippen MR) is 102 cm³/mol. The van der Waals surface area contributed by atoms with Crippen molar-refractivity contribution in [1.29, 1.82) is 0 Å². The highest BCUT2D eigenvalue weighted by Gasteiger charge is 2.24. The zero-order valence-corrected chi connectivity index (χ0v) is 15.3. The van der Waals surface area contributed by atoms with Gasteiger partial charge in [-0.3, -0.25) is 4.79 Å². The molecule has 0 bridgehead atoms. The molecule has 5 nitrogen and oxygen atoms in total. The summed E-state index contributed by atoms with van der Waals surface area (Å²) < 4.78 is 7.55. The molecule has 3 heterocycles. The highest BCUT2D eigenvalue weighted by molar-refractivity contribution is 7.99. The van der Waals surface area contributed by atoms with Gasteiger partial charge in [-0.1, -0.05) is 12.1 Å². The van der Waals surface area contributed by atoms with Crippen molar-refractivity contribution in [3.8, 4) is 0 Å². The van der Waals surface area contributed by atoms with E-state index in [-0.39, 0.29) is 5.91 Å². The van der Waals surface area contributed by atoms with Gasteiger partial charge in [0.05, 0.1) is 17.8 Å². The number of rotatable bonds is 4. The highest BCUT2D eigenvalue weighted by Crippen LogP contribution is 2.34. The van der Waals surface area contributed by atoms with Crippen LogP contribution in [0.2, 0.25) is 0 Å². The molecule has 1 aromatic carbocycles. The second-order valence-corrected chi connectivity index (χ2v) is 7.70. The molecule has 2 aromatic heterocycles. The second kappa shape index (κ2) is 7.83. The maximum absolute atomic E-state index is 12.9.